The van der Waals surface area contributed by atoms with Crippen molar-refractivity contribution in [1.29, 1.82) is 0 Å². The van der Waals surface area contributed by atoms with Gasteiger partial charge in [-0.1, -0.05) is 20.8 Å². The summed E-state index contributed by atoms with van der Waals surface area (Å²) in [6.07, 6.45) is 1.11. The highest BCUT2D eigenvalue weighted by Gasteiger charge is 2.24. The number of hydrogen-bond acceptors (Lipinski definition) is 2. The van der Waals surface area contributed by atoms with Gasteiger partial charge in [-0.25, -0.2) is 4.98 Å². The van der Waals surface area contributed by atoms with E-state index in [2.05, 4.69) is 30.4 Å². The van der Waals surface area contributed by atoms with Crippen LogP contribution < -0.4 is 0 Å². The summed E-state index contributed by atoms with van der Waals surface area (Å²) in [7, 11) is 1.97. The van der Waals surface area contributed by atoms with Crippen LogP contribution in [0.25, 0.3) is 11.2 Å². The molecule has 0 fully saturated rings. The van der Waals surface area contributed by atoms with Crippen molar-refractivity contribution in [2.24, 2.45) is 12.5 Å². The number of aromatic nitrogens is 4. The predicted molar refractivity (Wildman–Crippen MR) is 79.6 cm³/mol. The summed E-state index contributed by atoms with van der Waals surface area (Å²) in [5.74, 6) is 0.939. The number of halogens is 1. The number of nitrogens with zero attached hydrogens (tertiary/aromatic N) is 4. The first kappa shape index (κ1) is 14.4. The van der Waals surface area contributed by atoms with Crippen LogP contribution in [-0.4, -0.2) is 19.3 Å². The van der Waals surface area contributed by atoms with Crippen molar-refractivity contribution < 1.29 is 0 Å². The molecule has 0 aliphatic rings. The molecule has 0 aliphatic heterocycles. The van der Waals surface area contributed by atoms with E-state index in [1.54, 1.807) is 0 Å². The van der Waals surface area contributed by atoms with Crippen molar-refractivity contribution in [3.05, 3.63) is 11.5 Å². The van der Waals surface area contributed by atoms with E-state index in [-0.39, 0.29) is 10.8 Å². The van der Waals surface area contributed by atoms with Gasteiger partial charge in [0, 0.05) is 13.6 Å². The highest BCUT2D eigenvalue weighted by Crippen LogP contribution is 2.31. The summed E-state index contributed by atoms with van der Waals surface area (Å²) in [6.45, 7) is 11.6. The zero-order valence-corrected chi connectivity index (χ0v) is 13.4. The standard InChI is InChI=1S/C14H23ClN4/c1-7-14(4,5)8-19-12(9(2)15)16-11-10(3)17-18(6)13(11)19/h9H,7-8H2,1-6H3. The SMILES string of the molecule is CCC(C)(C)Cn1c(C(C)Cl)nc2c(C)nn(C)c21. The zero-order chi connectivity index (χ0) is 14.4. The lowest BCUT2D eigenvalue weighted by Crippen LogP contribution is -2.21. The first-order valence-corrected chi connectivity index (χ1v) is 7.24. The summed E-state index contributed by atoms with van der Waals surface area (Å²) in [6, 6.07) is 0. The molecule has 0 bridgehead atoms. The number of hydrogen-bond donors (Lipinski definition) is 0. The molecule has 5 heteroatoms. The molecule has 2 heterocycles. The maximum atomic E-state index is 6.30. The molecule has 2 aromatic heterocycles. The van der Waals surface area contributed by atoms with Gasteiger partial charge in [0.05, 0.1) is 11.1 Å². The molecule has 1 unspecified atom stereocenters. The van der Waals surface area contributed by atoms with Crippen LogP contribution in [-0.2, 0) is 13.6 Å². The lowest BCUT2D eigenvalue weighted by atomic mass is 9.90. The molecule has 2 aromatic rings. The molecular formula is C14H23ClN4. The third-order valence-corrected chi connectivity index (χ3v) is 4.01. The lowest BCUT2D eigenvalue weighted by molar-refractivity contribution is 0.292. The largest absolute Gasteiger partial charge is 0.311 e. The normalized spacial score (nSPS) is 14.3. The molecule has 0 aliphatic carbocycles. The van der Waals surface area contributed by atoms with Gasteiger partial charge in [0.15, 0.2) is 5.65 Å². The summed E-state index contributed by atoms with van der Waals surface area (Å²) < 4.78 is 4.14. The average Bonchev–Trinajstić information content (AvgIpc) is 2.79. The van der Waals surface area contributed by atoms with Crippen LogP contribution in [0.2, 0.25) is 0 Å². The molecule has 0 saturated heterocycles. The second-order valence-electron chi connectivity index (χ2n) is 6.07. The number of alkyl halides is 1. The van der Waals surface area contributed by atoms with Gasteiger partial charge in [-0.2, -0.15) is 5.10 Å². The molecular weight excluding hydrogens is 260 g/mol. The van der Waals surface area contributed by atoms with E-state index >= 15 is 0 Å². The van der Waals surface area contributed by atoms with Crippen molar-refractivity contribution in [3.8, 4) is 0 Å². The topological polar surface area (TPSA) is 35.6 Å². The quantitative estimate of drug-likeness (QED) is 0.799. The van der Waals surface area contributed by atoms with Crippen molar-refractivity contribution in [1.82, 2.24) is 19.3 Å². The maximum Gasteiger partial charge on any atom is 0.158 e. The first-order chi connectivity index (χ1) is 8.76. The third-order valence-electron chi connectivity index (χ3n) is 3.82. The van der Waals surface area contributed by atoms with Gasteiger partial charge in [0.25, 0.3) is 0 Å². The van der Waals surface area contributed by atoms with Gasteiger partial charge in [-0.05, 0) is 25.7 Å². The van der Waals surface area contributed by atoms with Crippen molar-refractivity contribution >= 4 is 22.8 Å². The highest BCUT2D eigenvalue weighted by molar-refractivity contribution is 6.20. The monoisotopic (exact) mass is 282 g/mol. The summed E-state index contributed by atoms with van der Waals surface area (Å²) in [4.78, 5) is 4.70. The lowest BCUT2D eigenvalue weighted by Gasteiger charge is -2.25. The zero-order valence-electron chi connectivity index (χ0n) is 12.7. The molecule has 0 aromatic carbocycles. The fourth-order valence-corrected chi connectivity index (χ4v) is 2.52. The van der Waals surface area contributed by atoms with E-state index in [1.807, 2.05) is 25.6 Å². The Bertz CT molecular complexity index is 592. The average molecular weight is 283 g/mol. The van der Waals surface area contributed by atoms with Gasteiger partial charge < -0.3 is 4.57 Å². The van der Waals surface area contributed by atoms with E-state index in [0.29, 0.717) is 0 Å². The fraction of sp³-hybridized carbons (Fsp3) is 0.714. The minimum atomic E-state index is -0.0977. The van der Waals surface area contributed by atoms with E-state index in [9.17, 15) is 0 Å². The van der Waals surface area contributed by atoms with Crippen LogP contribution in [0, 0.1) is 12.3 Å². The van der Waals surface area contributed by atoms with Crippen LogP contribution >= 0.6 is 11.6 Å². The number of fused-ring (bicyclic) bond motifs is 1. The van der Waals surface area contributed by atoms with Crippen molar-refractivity contribution in [2.45, 2.75) is 53.0 Å². The van der Waals surface area contributed by atoms with Gasteiger partial charge in [0.2, 0.25) is 0 Å². The predicted octanol–water partition coefficient (Wildman–Crippen LogP) is 3.81. The molecule has 19 heavy (non-hydrogen) atoms. The minimum absolute atomic E-state index is 0.0977. The molecule has 106 valence electrons. The minimum Gasteiger partial charge on any atom is -0.311 e. The first-order valence-electron chi connectivity index (χ1n) is 6.80. The number of rotatable bonds is 4. The van der Waals surface area contributed by atoms with Gasteiger partial charge in [-0.3, -0.25) is 4.68 Å². The van der Waals surface area contributed by atoms with E-state index in [4.69, 9.17) is 16.6 Å². The Morgan fingerprint density at radius 1 is 1.37 bits per heavy atom. The molecule has 2 rings (SSSR count). The smallest absolute Gasteiger partial charge is 0.158 e. The van der Waals surface area contributed by atoms with E-state index in [1.165, 1.54) is 0 Å². The molecule has 1 atom stereocenters. The summed E-state index contributed by atoms with van der Waals surface area (Å²) >= 11 is 6.30. The van der Waals surface area contributed by atoms with Crippen LogP contribution in [0.1, 0.15) is 51.0 Å². The maximum absolute atomic E-state index is 6.30. The van der Waals surface area contributed by atoms with Crippen molar-refractivity contribution in [2.75, 3.05) is 0 Å². The second-order valence-corrected chi connectivity index (χ2v) is 6.73. The van der Waals surface area contributed by atoms with E-state index < -0.39 is 0 Å². The molecule has 4 nitrogen and oxygen atoms in total. The van der Waals surface area contributed by atoms with Crippen molar-refractivity contribution in [3.63, 3.8) is 0 Å². The van der Waals surface area contributed by atoms with E-state index in [0.717, 1.165) is 35.6 Å². The van der Waals surface area contributed by atoms with Crippen LogP contribution in [0.4, 0.5) is 0 Å². The van der Waals surface area contributed by atoms with Gasteiger partial charge >= 0.3 is 0 Å². The second kappa shape index (κ2) is 4.82. The van der Waals surface area contributed by atoms with Crippen LogP contribution in [0.5, 0.6) is 0 Å². The molecule has 0 amide bonds. The molecule has 0 saturated carbocycles. The van der Waals surface area contributed by atoms with Crippen LogP contribution in [0.3, 0.4) is 0 Å². The summed E-state index contributed by atoms with van der Waals surface area (Å²) in [5, 5.41) is 4.36. The highest BCUT2D eigenvalue weighted by atomic mass is 35.5. The molecule has 0 spiro atoms. The van der Waals surface area contributed by atoms with Gasteiger partial charge in [0.1, 0.15) is 11.3 Å². The number of aryl methyl sites for hydroxylation is 2. The molecule has 0 N–H and O–H groups in total. The number of imidazole rings is 1. The Balaban J connectivity index is 2.64. The Morgan fingerprint density at radius 2 is 2.00 bits per heavy atom. The summed E-state index contributed by atoms with van der Waals surface area (Å²) in [5.41, 5.74) is 3.22. The Hall–Kier alpha value is -1.03. The Labute approximate surface area is 119 Å². The Morgan fingerprint density at radius 3 is 2.53 bits per heavy atom. The third kappa shape index (κ3) is 2.50. The fourth-order valence-electron chi connectivity index (χ4n) is 2.35. The van der Waals surface area contributed by atoms with Gasteiger partial charge in [-0.15, -0.1) is 11.6 Å². The van der Waals surface area contributed by atoms with Crippen LogP contribution in [0.15, 0.2) is 0 Å². The molecule has 0 radical (unpaired) electrons. The Kier molecular flexibility index (Phi) is 3.65.